The Kier molecular flexibility index (Phi) is 8.45. The number of methoxy groups -OCH3 is 3. The number of amides is 1. The number of rotatable bonds is 9. The summed E-state index contributed by atoms with van der Waals surface area (Å²) < 4.78 is 27.5. The van der Waals surface area contributed by atoms with Gasteiger partial charge in [0, 0.05) is 57.1 Å². The molecule has 2 aromatic carbocycles. The van der Waals surface area contributed by atoms with Gasteiger partial charge in [0.2, 0.25) is 11.2 Å². The number of fused-ring (bicyclic) bond motifs is 1. The third-order valence-corrected chi connectivity index (χ3v) is 7.43. The first-order valence-corrected chi connectivity index (χ1v) is 13.3. The Bertz CT molecular complexity index is 1400. The van der Waals surface area contributed by atoms with Crippen LogP contribution in [0.3, 0.4) is 0 Å². The molecule has 5 rings (SSSR count). The van der Waals surface area contributed by atoms with E-state index in [2.05, 4.69) is 9.80 Å². The molecule has 10 heteroatoms. The lowest BCUT2D eigenvalue weighted by Crippen LogP contribution is -2.50. The second-order valence-corrected chi connectivity index (χ2v) is 9.87. The predicted molar refractivity (Wildman–Crippen MR) is 150 cm³/mol. The number of carbonyl (C=O) groups excluding carboxylic acids is 1. The summed E-state index contributed by atoms with van der Waals surface area (Å²) in [5.74, 6) is 2.65. The topological polar surface area (TPSA) is 93.9 Å². The third-order valence-electron chi connectivity index (χ3n) is 7.43. The van der Waals surface area contributed by atoms with Crippen molar-refractivity contribution >= 4 is 11.6 Å². The predicted octanol–water partition coefficient (Wildman–Crippen LogP) is 2.95. The van der Waals surface area contributed by atoms with Gasteiger partial charge in [0.1, 0.15) is 17.8 Å². The molecule has 3 heterocycles. The second kappa shape index (κ2) is 12.3. The van der Waals surface area contributed by atoms with Gasteiger partial charge in [-0.3, -0.25) is 14.5 Å². The first-order valence-electron chi connectivity index (χ1n) is 13.3. The number of hydrogen-bond acceptors (Lipinski definition) is 9. The maximum absolute atomic E-state index is 12.7. The summed E-state index contributed by atoms with van der Waals surface area (Å²) in [6, 6.07) is 13.4. The summed E-state index contributed by atoms with van der Waals surface area (Å²) in [6.45, 7) is 4.36. The van der Waals surface area contributed by atoms with Crippen LogP contribution in [0.4, 0.5) is 5.69 Å². The van der Waals surface area contributed by atoms with Crippen LogP contribution in [0.25, 0.3) is 0 Å². The number of hydrogen-bond donors (Lipinski definition) is 0. The number of nitrogens with zero attached hydrogens (tertiary/aromatic N) is 3. The van der Waals surface area contributed by atoms with Gasteiger partial charge in [-0.1, -0.05) is 6.07 Å². The minimum atomic E-state index is -0.305. The Morgan fingerprint density at radius 2 is 1.62 bits per heavy atom. The summed E-state index contributed by atoms with van der Waals surface area (Å²) >= 11 is 0. The quantitative estimate of drug-likeness (QED) is 0.399. The number of anilines is 1. The van der Waals surface area contributed by atoms with E-state index in [0.29, 0.717) is 50.8 Å². The normalized spacial score (nSPS) is 15.4. The molecule has 1 saturated heterocycles. The molecule has 0 aliphatic carbocycles. The van der Waals surface area contributed by atoms with E-state index in [4.69, 9.17) is 23.4 Å². The van der Waals surface area contributed by atoms with Gasteiger partial charge >= 0.3 is 0 Å². The zero-order valence-electron chi connectivity index (χ0n) is 23.2. The second-order valence-electron chi connectivity index (χ2n) is 9.87. The molecule has 0 N–H and O–H groups in total. The lowest BCUT2D eigenvalue weighted by Gasteiger charge is -2.36. The van der Waals surface area contributed by atoms with Crippen LogP contribution >= 0.6 is 0 Å². The van der Waals surface area contributed by atoms with Crippen LogP contribution in [0.5, 0.6) is 23.0 Å². The number of carbonyl (C=O) groups is 1. The fourth-order valence-electron chi connectivity index (χ4n) is 5.18. The molecule has 0 radical (unpaired) electrons. The first-order chi connectivity index (χ1) is 19.5. The van der Waals surface area contributed by atoms with Crippen molar-refractivity contribution in [3.63, 3.8) is 0 Å². The van der Waals surface area contributed by atoms with Crippen molar-refractivity contribution in [2.24, 2.45) is 0 Å². The zero-order chi connectivity index (χ0) is 28.1. The molecule has 0 atom stereocenters. The molecule has 0 spiro atoms. The lowest BCUT2D eigenvalue weighted by atomic mass is 9.98. The first kappa shape index (κ1) is 27.4. The van der Waals surface area contributed by atoms with Gasteiger partial charge in [0.25, 0.3) is 5.91 Å². The fraction of sp³-hybridized carbons (Fsp3) is 0.400. The van der Waals surface area contributed by atoms with Crippen molar-refractivity contribution in [2.75, 3.05) is 65.6 Å². The van der Waals surface area contributed by atoms with E-state index >= 15 is 0 Å². The van der Waals surface area contributed by atoms with Crippen molar-refractivity contribution in [1.29, 1.82) is 0 Å². The van der Waals surface area contributed by atoms with E-state index in [0.717, 1.165) is 35.7 Å². The highest BCUT2D eigenvalue weighted by molar-refractivity contribution is 5.78. The van der Waals surface area contributed by atoms with Crippen molar-refractivity contribution < 1.29 is 28.2 Å². The molecule has 0 bridgehead atoms. The van der Waals surface area contributed by atoms with E-state index in [9.17, 15) is 9.59 Å². The smallest absolute Gasteiger partial charge is 0.260 e. The van der Waals surface area contributed by atoms with Crippen molar-refractivity contribution in [3.8, 4) is 23.0 Å². The van der Waals surface area contributed by atoms with Gasteiger partial charge in [-0.05, 0) is 41.8 Å². The largest absolute Gasteiger partial charge is 0.497 e. The Labute approximate surface area is 233 Å². The van der Waals surface area contributed by atoms with Crippen molar-refractivity contribution in [3.05, 3.63) is 75.8 Å². The SMILES string of the molecule is COc1cccc(N2CCN(C(=O)COc3coc(CN4CCc5cc(OC)c(OC)cc5C4)cc3=O)CC2)c1. The van der Waals surface area contributed by atoms with Crippen LogP contribution in [0.1, 0.15) is 16.9 Å². The average molecular weight is 550 g/mol. The highest BCUT2D eigenvalue weighted by atomic mass is 16.5. The Balaban J connectivity index is 1.12. The third kappa shape index (κ3) is 6.17. The van der Waals surface area contributed by atoms with E-state index < -0.39 is 0 Å². The molecule has 10 nitrogen and oxygen atoms in total. The average Bonchev–Trinajstić information content (AvgIpc) is 2.99. The lowest BCUT2D eigenvalue weighted by molar-refractivity contribution is -0.133. The van der Waals surface area contributed by atoms with E-state index in [1.54, 1.807) is 26.2 Å². The summed E-state index contributed by atoms with van der Waals surface area (Å²) in [7, 11) is 4.91. The van der Waals surface area contributed by atoms with Crippen LogP contribution in [-0.2, 0) is 24.3 Å². The maximum atomic E-state index is 12.7. The molecular formula is C30H35N3O7. The summed E-state index contributed by atoms with van der Waals surface area (Å²) in [6.07, 6.45) is 2.16. The highest BCUT2D eigenvalue weighted by Gasteiger charge is 2.23. The molecule has 3 aromatic rings. The molecule has 2 aliphatic heterocycles. The van der Waals surface area contributed by atoms with Crippen LogP contribution in [0, 0.1) is 0 Å². The van der Waals surface area contributed by atoms with Crippen LogP contribution in [0.2, 0.25) is 0 Å². The Hall–Kier alpha value is -4.18. The van der Waals surface area contributed by atoms with Crippen LogP contribution in [-0.4, -0.2) is 76.4 Å². The monoisotopic (exact) mass is 549 g/mol. The molecule has 1 fully saturated rings. The molecule has 1 amide bonds. The van der Waals surface area contributed by atoms with Gasteiger partial charge in [-0.25, -0.2) is 0 Å². The van der Waals surface area contributed by atoms with Gasteiger partial charge in [-0.2, -0.15) is 0 Å². The van der Waals surface area contributed by atoms with E-state index in [-0.39, 0.29) is 23.7 Å². The number of ether oxygens (including phenoxy) is 4. The Morgan fingerprint density at radius 1 is 0.875 bits per heavy atom. The molecule has 212 valence electrons. The number of benzene rings is 2. The molecular weight excluding hydrogens is 514 g/mol. The van der Waals surface area contributed by atoms with Gasteiger partial charge in [0.15, 0.2) is 18.1 Å². The minimum Gasteiger partial charge on any atom is -0.497 e. The minimum absolute atomic E-state index is 0.0351. The molecule has 1 aromatic heterocycles. The van der Waals surface area contributed by atoms with Crippen molar-refractivity contribution in [2.45, 2.75) is 19.5 Å². The summed E-state index contributed by atoms with van der Waals surface area (Å²) in [5, 5.41) is 0. The van der Waals surface area contributed by atoms with Gasteiger partial charge in [0.05, 0.1) is 27.9 Å². The standard InChI is InChI=1S/C30H35N3O7/c1-36-24-6-4-5-23(15-24)32-9-11-33(12-10-32)30(35)20-40-29-19-39-25(16-26(29)34)18-31-8-7-21-13-27(37-2)28(38-3)14-22(21)17-31/h4-6,13-16,19H,7-12,17-18,20H2,1-3H3. The van der Waals surface area contributed by atoms with E-state index in [1.165, 1.54) is 17.9 Å². The molecule has 40 heavy (non-hydrogen) atoms. The highest BCUT2D eigenvalue weighted by Crippen LogP contribution is 2.33. The van der Waals surface area contributed by atoms with Gasteiger partial charge in [-0.15, -0.1) is 0 Å². The molecule has 0 saturated carbocycles. The van der Waals surface area contributed by atoms with Crippen molar-refractivity contribution in [1.82, 2.24) is 9.80 Å². The summed E-state index contributed by atoms with van der Waals surface area (Å²) in [4.78, 5) is 31.6. The zero-order valence-corrected chi connectivity index (χ0v) is 23.2. The van der Waals surface area contributed by atoms with Crippen LogP contribution in [0.15, 0.2) is 57.9 Å². The van der Waals surface area contributed by atoms with Gasteiger partial charge < -0.3 is 33.2 Å². The van der Waals surface area contributed by atoms with Crippen LogP contribution < -0.4 is 29.3 Å². The number of piperazine rings is 1. The summed E-state index contributed by atoms with van der Waals surface area (Å²) in [5.41, 5.74) is 3.15. The molecule has 2 aliphatic rings. The fourth-order valence-corrected chi connectivity index (χ4v) is 5.18. The molecule has 0 unspecified atom stereocenters. The Morgan fingerprint density at radius 3 is 2.33 bits per heavy atom. The van der Waals surface area contributed by atoms with E-state index in [1.807, 2.05) is 36.4 Å². The maximum Gasteiger partial charge on any atom is 0.260 e.